The topological polar surface area (TPSA) is 86.8 Å². The lowest BCUT2D eigenvalue weighted by Crippen LogP contribution is -2.54. The van der Waals surface area contributed by atoms with E-state index in [-0.39, 0.29) is 17.0 Å². The highest BCUT2D eigenvalue weighted by Gasteiger charge is 2.33. The van der Waals surface area contributed by atoms with Crippen molar-refractivity contribution in [3.63, 3.8) is 0 Å². The number of hydrogen-bond acceptors (Lipinski definition) is 4. The highest BCUT2D eigenvalue weighted by atomic mass is 32.2. The Hall–Kier alpha value is -3.72. The van der Waals surface area contributed by atoms with E-state index in [1.165, 1.54) is 35.2 Å². The molecule has 1 atom stereocenters. The van der Waals surface area contributed by atoms with Gasteiger partial charge in [0, 0.05) is 17.6 Å². The fraction of sp³-hybridized carbons (Fsp3) is 0.355. The summed E-state index contributed by atoms with van der Waals surface area (Å²) in [5, 5.41) is 2.86. The van der Waals surface area contributed by atoms with E-state index < -0.39 is 45.8 Å². The molecule has 0 aliphatic rings. The van der Waals surface area contributed by atoms with Crippen LogP contribution in [0.15, 0.2) is 71.6 Å². The summed E-state index contributed by atoms with van der Waals surface area (Å²) in [7, 11) is -4.18. The summed E-state index contributed by atoms with van der Waals surface area (Å²) in [6, 6.07) is 16.7. The number of aryl methyl sites for hydroxylation is 3. The van der Waals surface area contributed by atoms with Crippen LogP contribution in [0, 0.1) is 26.6 Å². The molecule has 40 heavy (non-hydrogen) atoms. The zero-order valence-corrected chi connectivity index (χ0v) is 25.0. The second-order valence-corrected chi connectivity index (χ2v) is 13.1. The molecule has 9 heteroatoms. The number of carbonyl (C=O) groups excluding carboxylic acids is 2. The van der Waals surface area contributed by atoms with Crippen LogP contribution in [-0.2, 0) is 26.2 Å². The number of amides is 2. The van der Waals surface area contributed by atoms with Crippen molar-refractivity contribution in [3.8, 4) is 0 Å². The van der Waals surface area contributed by atoms with Gasteiger partial charge in [-0.3, -0.25) is 13.9 Å². The molecule has 3 rings (SSSR count). The van der Waals surface area contributed by atoms with Crippen molar-refractivity contribution in [3.05, 3.63) is 94.8 Å². The summed E-state index contributed by atoms with van der Waals surface area (Å²) in [6.45, 7) is 11.7. The number of nitrogens with zero attached hydrogens (tertiary/aromatic N) is 2. The van der Waals surface area contributed by atoms with Crippen LogP contribution >= 0.6 is 0 Å². The van der Waals surface area contributed by atoms with Gasteiger partial charge >= 0.3 is 0 Å². The van der Waals surface area contributed by atoms with Crippen LogP contribution < -0.4 is 9.62 Å². The van der Waals surface area contributed by atoms with Crippen molar-refractivity contribution in [2.45, 2.75) is 71.5 Å². The molecule has 0 saturated heterocycles. The van der Waals surface area contributed by atoms with E-state index in [4.69, 9.17) is 0 Å². The van der Waals surface area contributed by atoms with E-state index in [0.717, 1.165) is 21.0 Å². The first kappa shape index (κ1) is 30.8. The maximum absolute atomic E-state index is 14.7. The Morgan fingerprint density at radius 3 is 2.02 bits per heavy atom. The van der Waals surface area contributed by atoms with Crippen molar-refractivity contribution in [1.82, 2.24) is 10.2 Å². The molecular weight excluding hydrogens is 529 g/mol. The van der Waals surface area contributed by atoms with Crippen LogP contribution in [-0.4, -0.2) is 43.3 Å². The third-order valence-electron chi connectivity index (χ3n) is 6.35. The van der Waals surface area contributed by atoms with E-state index >= 15 is 0 Å². The first-order chi connectivity index (χ1) is 18.6. The molecule has 0 aliphatic carbocycles. The van der Waals surface area contributed by atoms with Crippen molar-refractivity contribution >= 4 is 27.5 Å². The number of nitrogens with one attached hydrogen (secondary N) is 1. The predicted molar refractivity (Wildman–Crippen MR) is 156 cm³/mol. The van der Waals surface area contributed by atoms with Gasteiger partial charge < -0.3 is 10.2 Å². The number of sulfonamides is 1. The van der Waals surface area contributed by atoms with Crippen LogP contribution in [0.25, 0.3) is 0 Å². The zero-order chi connectivity index (χ0) is 29.8. The Labute approximate surface area is 237 Å². The second kappa shape index (κ2) is 12.2. The second-order valence-electron chi connectivity index (χ2n) is 11.2. The fourth-order valence-electron chi connectivity index (χ4n) is 4.33. The molecule has 0 radical (unpaired) electrons. The minimum Gasteiger partial charge on any atom is -0.350 e. The molecule has 0 aromatic heterocycles. The van der Waals surface area contributed by atoms with Gasteiger partial charge in [0.25, 0.3) is 10.0 Å². The van der Waals surface area contributed by atoms with Crippen molar-refractivity contribution in [1.29, 1.82) is 0 Å². The first-order valence-electron chi connectivity index (χ1n) is 13.1. The normalized spacial score (nSPS) is 12.5. The van der Waals surface area contributed by atoms with Crippen molar-refractivity contribution in [2.75, 3.05) is 10.8 Å². The molecule has 7 nitrogen and oxygen atoms in total. The molecule has 0 aliphatic heterocycles. The highest BCUT2D eigenvalue weighted by molar-refractivity contribution is 7.92. The highest BCUT2D eigenvalue weighted by Crippen LogP contribution is 2.27. The van der Waals surface area contributed by atoms with Gasteiger partial charge in [0.2, 0.25) is 11.8 Å². The number of rotatable bonds is 9. The van der Waals surface area contributed by atoms with Crippen molar-refractivity contribution < 1.29 is 22.4 Å². The summed E-state index contributed by atoms with van der Waals surface area (Å²) in [5.74, 6) is -1.60. The lowest BCUT2D eigenvalue weighted by molar-refractivity contribution is -0.140. The molecule has 0 heterocycles. The molecule has 2 amide bonds. The number of hydrogen-bond donors (Lipinski definition) is 1. The molecule has 1 N–H and O–H groups in total. The number of carbonyl (C=O) groups is 2. The summed E-state index contributed by atoms with van der Waals surface area (Å²) in [5.41, 5.74) is 2.51. The van der Waals surface area contributed by atoms with Gasteiger partial charge in [0.05, 0.1) is 10.6 Å². The molecule has 214 valence electrons. The summed E-state index contributed by atoms with van der Waals surface area (Å²) >= 11 is 0. The van der Waals surface area contributed by atoms with E-state index in [9.17, 15) is 22.4 Å². The average Bonchev–Trinajstić information content (AvgIpc) is 2.84. The van der Waals surface area contributed by atoms with Crippen LogP contribution in [0.2, 0.25) is 0 Å². The van der Waals surface area contributed by atoms with Crippen LogP contribution in [0.5, 0.6) is 0 Å². The van der Waals surface area contributed by atoms with Gasteiger partial charge in [0.1, 0.15) is 18.4 Å². The number of halogens is 1. The summed E-state index contributed by atoms with van der Waals surface area (Å²) < 4.78 is 43.6. The first-order valence-corrected chi connectivity index (χ1v) is 14.5. The molecule has 0 spiro atoms. The van der Waals surface area contributed by atoms with E-state index in [2.05, 4.69) is 5.32 Å². The Bertz CT molecular complexity index is 1460. The maximum atomic E-state index is 14.7. The largest absolute Gasteiger partial charge is 0.350 e. The maximum Gasteiger partial charge on any atom is 0.264 e. The van der Waals surface area contributed by atoms with Gasteiger partial charge in [0.15, 0.2) is 0 Å². The predicted octanol–water partition coefficient (Wildman–Crippen LogP) is 5.28. The standard InChI is InChI=1S/C31H38FN3O4S/c1-21-12-14-27(15-13-21)40(38,39)35(26-17-22(2)16-23(3)18-26)20-29(36)34(19-25-10-8-9-11-28(25)32)24(4)30(37)33-31(5,6)7/h8-18,24H,19-20H2,1-7H3,(H,33,37). The molecule has 0 saturated carbocycles. The molecule has 1 unspecified atom stereocenters. The summed E-state index contributed by atoms with van der Waals surface area (Å²) in [4.78, 5) is 28.4. The van der Waals surface area contributed by atoms with Gasteiger partial charge in [-0.15, -0.1) is 0 Å². The summed E-state index contributed by atoms with van der Waals surface area (Å²) in [6.07, 6.45) is 0. The smallest absolute Gasteiger partial charge is 0.264 e. The van der Waals surface area contributed by atoms with Gasteiger partial charge in [-0.1, -0.05) is 42.0 Å². The molecule has 3 aromatic rings. The molecule has 3 aromatic carbocycles. The number of anilines is 1. The Balaban J connectivity index is 2.08. The van der Waals surface area contributed by atoms with E-state index in [0.29, 0.717) is 5.69 Å². The minimum absolute atomic E-state index is 0.0317. The Morgan fingerprint density at radius 1 is 0.900 bits per heavy atom. The van der Waals surface area contributed by atoms with E-state index in [1.54, 1.807) is 37.3 Å². The molecule has 0 bridgehead atoms. The lowest BCUT2D eigenvalue weighted by Gasteiger charge is -2.33. The Morgan fingerprint density at radius 2 is 1.48 bits per heavy atom. The third-order valence-corrected chi connectivity index (χ3v) is 8.13. The van der Waals surface area contributed by atoms with Gasteiger partial charge in [-0.25, -0.2) is 12.8 Å². The van der Waals surface area contributed by atoms with Crippen molar-refractivity contribution in [2.24, 2.45) is 0 Å². The quantitative estimate of drug-likeness (QED) is 0.381. The SMILES string of the molecule is Cc1ccc(S(=O)(=O)N(CC(=O)N(Cc2ccccc2F)C(C)C(=O)NC(C)(C)C)c2cc(C)cc(C)c2)cc1. The average molecular weight is 568 g/mol. The van der Waals surface area contributed by atoms with Crippen LogP contribution in [0.1, 0.15) is 49.9 Å². The number of benzene rings is 3. The zero-order valence-electron chi connectivity index (χ0n) is 24.2. The monoisotopic (exact) mass is 567 g/mol. The van der Waals surface area contributed by atoms with Gasteiger partial charge in [-0.2, -0.15) is 0 Å². The van der Waals surface area contributed by atoms with Crippen LogP contribution in [0.4, 0.5) is 10.1 Å². The molecule has 0 fully saturated rings. The minimum atomic E-state index is -4.18. The third kappa shape index (κ3) is 7.69. The Kier molecular flexibility index (Phi) is 9.40. The van der Waals surface area contributed by atoms with Crippen LogP contribution in [0.3, 0.4) is 0 Å². The van der Waals surface area contributed by atoms with Gasteiger partial charge in [-0.05, 0) is 89.9 Å². The van der Waals surface area contributed by atoms with E-state index in [1.807, 2.05) is 47.6 Å². The fourth-order valence-corrected chi connectivity index (χ4v) is 5.73. The lowest BCUT2D eigenvalue weighted by atomic mass is 10.1. The molecular formula is C31H38FN3O4S.